The lowest BCUT2D eigenvalue weighted by Crippen LogP contribution is -2.19. The first kappa shape index (κ1) is 20.2. The fourth-order valence-corrected chi connectivity index (χ4v) is 4.16. The molecule has 0 bridgehead atoms. The number of fused-ring (bicyclic) bond motifs is 1. The number of rotatable bonds is 2. The van der Waals surface area contributed by atoms with Gasteiger partial charge in [-0.3, -0.25) is 4.57 Å². The van der Waals surface area contributed by atoms with Crippen molar-refractivity contribution in [1.29, 1.82) is 0 Å². The van der Waals surface area contributed by atoms with Crippen molar-refractivity contribution in [2.75, 3.05) is 0 Å². The van der Waals surface area contributed by atoms with Crippen LogP contribution in [0.4, 0.5) is 0 Å². The third kappa shape index (κ3) is 3.60. The number of nitrogens with zero attached hydrogens (tertiary/aromatic N) is 2. The molecule has 1 heterocycles. The molecule has 0 aliphatic carbocycles. The van der Waals surface area contributed by atoms with Crippen molar-refractivity contribution in [2.24, 2.45) is 0 Å². The van der Waals surface area contributed by atoms with Gasteiger partial charge in [0.25, 0.3) is 0 Å². The highest BCUT2D eigenvalue weighted by molar-refractivity contribution is 5.80. The van der Waals surface area contributed by atoms with Gasteiger partial charge in [-0.25, -0.2) is 4.98 Å². The normalized spacial score (nSPS) is 12.5. The summed E-state index contributed by atoms with van der Waals surface area (Å²) in [7, 11) is 0. The maximum Gasteiger partial charge on any atom is 0.118 e. The largest absolute Gasteiger partial charge is 0.508 e. The minimum absolute atomic E-state index is 0.0239. The number of imidazole rings is 1. The number of hydrogen-bond donors (Lipinski definition) is 1. The highest BCUT2D eigenvalue weighted by Crippen LogP contribution is 2.42. The Labute approximate surface area is 179 Å². The van der Waals surface area contributed by atoms with Gasteiger partial charge in [-0.15, -0.1) is 0 Å². The number of aromatic hydroxyl groups is 1. The first-order valence-corrected chi connectivity index (χ1v) is 10.5. The molecule has 3 heteroatoms. The van der Waals surface area contributed by atoms with Crippen molar-refractivity contribution in [3.8, 4) is 22.6 Å². The van der Waals surface area contributed by atoms with Crippen molar-refractivity contribution in [3.05, 3.63) is 78.1 Å². The lowest BCUT2D eigenvalue weighted by molar-refractivity contribution is 0.475. The molecule has 0 aliphatic heterocycles. The van der Waals surface area contributed by atoms with Crippen LogP contribution in [0.3, 0.4) is 0 Å². The third-order valence-electron chi connectivity index (χ3n) is 5.60. The lowest BCUT2D eigenvalue weighted by Gasteiger charge is -2.30. The topological polar surface area (TPSA) is 38.0 Å². The number of aromatic nitrogens is 2. The second-order valence-corrected chi connectivity index (χ2v) is 10.1. The van der Waals surface area contributed by atoms with Crippen LogP contribution in [-0.4, -0.2) is 14.7 Å². The van der Waals surface area contributed by atoms with E-state index in [0.717, 1.165) is 22.3 Å². The Balaban J connectivity index is 2.01. The van der Waals surface area contributed by atoms with Crippen LogP contribution in [-0.2, 0) is 10.8 Å². The molecule has 0 saturated heterocycles. The summed E-state index contributed by atoms with van der Waals surface area (Å²) >= 11 is 0. The summed E-state index contributed by atoms with van der Waals surface area (Å²) < 4.78 is 2.04. The molecule has 0 aliphatic rings. The Morgan fingerprint density at radius 3 is 2.03 bits per heavy atom. The van der Waals surface area contributed by atoms with Gasteiger partial charge in [-0.05, 0) is 57.3 Å². The van der Waals surface area contributed by atoms with Crippen LogP contribution >= 0.6 is 0 Å². The van der Waals surface area contributed by atoms with Crippen molar-refractivity contribution in [3.63, 3.8) is 0 Å². The fraction of sp³-hybridized carbons (Fsp3) is 0.296. The summed E-state index contributed by atoms with van der Waals surface area (Å²) in [4.78, 5) is 4.52. The molecular weight excluding hydrogens is 368 g/mol. The minimum atomic E-state index is -0.0239. The van der Waals surface area contributed by atoms with Crippen LogP contribution < -0.4 is 0 Å². The zero-order valence-corrected chi connectivity index (χ0v) is 18.7. The zero-order valence-electron chi connectivity index (χ0n) is 18.7. The standard InChI is InChI=1S/C27H30N2O/c1-26(2,3)21-10-9-11-22(27(4,5)6)25(21)18-14-19(16-20(30)15-18)29-17-28-23-12-7-8-13-24(23)29/h7-17,30H,1-6H3. The van der Waals surface area contributed by atoms with Crippen LogP contribution in [0.15, 0.2) is 67.0 Å². The van der Waals surface area contributed by atoms with Crippen LogP contribution in [0.25, 0.3) is 27.8 Å². The Bertz CT molecular complexity index is 1190. The van der Waals surface area contributed by atoms with E-state index in [4.69, 9.17) is 0 Å². The van der Waals surface area contributed by atoms with Crippen molar-refractivity contribution in [1.82, 2.24) is 9.55 Å². The molecule has 30 heavy (non-hydrogen) atoms. The molecule has 0 unspecified atom stereocenters. The number of hydrogen-bond acceptors (Lipinski definition) is 2. The van der Waals surface area contributed by atoms with Gasteiger partial charge in [-0.1, -0.05) is 71.9 Å². The van der Waals surface area contributed by atoms with E-state index >= 15 is 0 Å². The second kappa shape index (κ2) is 7.02. The Morgan fingerprint density at radius 1 is 0.767 bits per heavy atom. The van der Waals surface area contributed by atoms with Gasteiger partial charge in [-0.2, -0.15) is 0 Å². The van der Waals surface area contributed by atoms with E-state index in [9.17, 15) is 5.11 Å². The monoisotopic (exact) mass is 398 g/mol. The molecule has 4 aromatic rings. The van der Waals surface area contributed by atoms with E-state index in [0.29, 0.717) is 0 Å². The maximum atomic E-state index is 10.7. The number of phenolic OH excluding ortho intramolecular Hbond substituents is 1. The SMILES string of the molecule is CC(C)(C)c1cccc(C(C)(C)C)c1-c1cc(O)cc(-n2cnc3ccccc32)c1. The molecule has 0 radical (unpaired) electrons. The quantitative estimate of drug-likeness (QED) is 0.395. The fourth-order valence-electron chi connectivity index (χ4n) is 4.16. The summed E-state index contributed by atoms with van der Waals surface area (Å²) in [5, 5.41) is 10.7. The number of para-hydroxylation sites is 2. The molecule has 0 atom stereocenters. The van der Waals surface area contributed by atoms with E-state index < -0.39 is 0 Å². The number of phenols is 1. The van der Waals surface area contributed by atoms with Gasteiger partial charge in [0, 0.05) is 6.07 Å². The summed E-state index contributed by atoms with van der Waals surface area (Å²) in [6, 6.07) is 20.5. The highest BCUT2D eigenvalue weighted by Gasteiger charge is 2.26. The molecule has 3 nitrogen and oxygen atoms in total. The van der Waals surface area contributed by atoms with E-state index in [1.807, 2.05) is 35.2 Å². The first-order valence-electron chi connectivity index (χ1n) is 10.5. The predicted octanol–water partition coefficient (Wildman–Crippen LogP) is 6.99. The summed E-state index contributed by atoms with van der Waals surface area (Å²) in [5.74, 6) is 0.254. The Kier molecular flexibility index (Phi) is 4.73. The number of benzene rings is 3. The molecule has 154 valence electrons. The van der Waals surface area contributed by atoms with Crippen LogP contribution in [0.5, 0.6) is 5.75 Å². The molecule has 3 aromatic carbocycles. The van der Waals surface area contributed by atoms with E-state index in [1.54, 1.807) is 6.07 Å². The van der Waals surface area contributed by atoms with Crippen molar-refractivity contribution >= 4 is 11.0 Å². The highest BCUT2D eigenvalue weighted by atomic mass is 16.3. The third-order valence-corrected chi connectivity index (χ3v) is 5.60. The van der Waals surface area contributed by atoms with Crippen molar-refractivity contribution in [2.45, 2.75) is 52.4 Å². The predicted molar refractivity (Wildman–Crippen MR) is 126 cm³/mol. The molecule has 0 spiro atoms. The van der Waals surface area contributed by atoms with Gasteiger partial charge in [0.05, 0.1) is 16.7 Å². The smallest absolute Gasteiger partial charge is 0.118 e. The summed E-state index contributed by atoms with van der Waals surface area (Å²) in [5.41, 5.74) is 7.61. The Hall–Kier alpha value is -3.07. The zero-order chi connectivity index (χ0) is 21.7. The second-order valence-electron chi connectivity index (χ2n) is 10.1. The maximum absolute atomic E-state index is 10.7. The lowest BCUT2D eigenvalue weighted by atomic mass is 9.74. The van der Waals surface area contributed by atoms with Gasteiger partial charge < -0.3 is 5.11 Å². The van der Waals surface area contributed by atoms with Gasteiger partial charge in [0.2, 0.25) is 0 Å². The van der Waals surface area contributed by atoms with E-state index in [2.05, 4.69) is 76.9 Å². The Morgan fingerprint density at radius 2 is 1.40 bits per heavy atom. The molecule has 0 fully saturated rings. The average molecular weight is 399 g/mol. The molecular formula is C27H30N2O. The van der Waals surface area contributed by atoms with Crippen LogP contribution in [0, 0.1) is 0 Å². The minimum Gasteiger partial charge on any atom is -0.508 e. The average Bonchev–Trinajstić information content (AvgIpc) is 3.10. The molecule has 1 aromatic heterocycles. The van der Waals surface area contributed by atoms with Gasteiger partial charge in [0.15, 0.2) is 0 Å². The van der Waals surface area contributed by atoms with E-state index in [-0.39, 0.29) is 16.6 Å². The van der Waals surface area contributed by atoms with Crippen molar-refractivity contribution < 1.29 is 5.11 Å². The molecule has 0 saturated carbocycles. The van der Waals surface area contributed by atoms with Crippen LogP contribution in [0.2, 0.25) is 0 Å². The molecule has 0 amide bonds. The van der Waals surface area contributed by atoms with E-state index in [1.165, 1.54) is 16.7 Å². The molecule has 1 N–H and O–H groups in total. The van der Waals surface area contributed by atoms with Gasteiger partial charge >= 0.3 is 0 Å². The summed E-state index contributed by atoms with van der Waals surface area (Å²) in [6.07, 6.45) is 1.82. The van der Waals surface area contributed by atoms with Gasteiger partial charge in [0.1, 0.15) is 12.1 Å². The molecule has 4 rings (SSSR count). The van der Waals surface area contributed by atoms with Crippen LogP contribution in [0.1, 0.15) is 52.7 Å². The first-order chi connectivity index (χ1) is 14.1. The summed E-state index contributed by atoms with van der Waals surface area (Å²) in [6.45, 7) is 13.4.